The van der Waals surface area contributed by atoms with Crippen LogP contribution in [0.5, 0.6) is 0 Å². The summed E-state index contributed by atoms with van der Waals surface area (Å²) >= 11 is 0. The maximum atomic E-state index is 12.8. The van der Waals surface area contributed by atoms with Gasteiger partial charge >= 0.3 is 0 Å². The normalized spacial score (nSPS) is 16.9. The van der Waals surface area contributed by atoms with Crippen LogP contribution in [-0.4, -0.2) is 48.4 Å². The van der Waals surface area contributed by atoms with E-state index in [1.807, 2.05) is 36.7 Å². The van der Waals surface area contributed by atoms with Crippen molar-refractivity contribution in [3.05, 3.63) is 35.5 Å². The van der Waals surface area contributed by atoms with Gasteiger partial charge in [-0.25, -0.2) is 8.42 Å². The fourth-order valence-electron chi connectivity index (χ4n) is 3.29. The summed E-state index contributed by atoms with van der Waals surface area (Å²) in [7, 11) is -1.12. The summed E-state index contributed by atoms with van der Waals surface area (Å²) < 4.78 is 25.2. The van der Waals surface area contributed by atoms with Crippen molar-refractivity contribution in [2.75, 3.05) is 19.3 Å². The Morgan fingerprint density at radius 3 is 2.43 bits per heavy atom. The molecule has 1 aliphatic rings. The van der Waals surface area contributed by atoms with Crippen LogP contribution in [0, 0.1) is 6.92 Å². The predicted octanol–water partition coefficient (Wildman–Crippen LogP) is 2.14. The molecular weight excluding hydrogens is 312 g/mol. The molecule has 3 rings (SSSR count). The van der Waals surface area contributed by atoms with Gasteiger partial charge in [-0.05, 0) is 37.5 Å². The number of rotatable bonds is 2. The lowest BCUT2D eigenvalue weighted by molar-refractivity contribution is 0.0716. The molecule has 0 atom stereocenters. The van der Waals surface area contributed by atoms with Crippen LogP contribution in [0.25, 0.3) is 10.9 Å². The van der Waals surface area contributed by atoms with E-state index in [2.05, 4.69) is 6.07 Å². The van der Waals surface area contributed by atoms with Crippen molar-refractivity contribution in [3.63, 3.8) is 0 Å². The van der Waals surface area contributed by atoms with E-state index in [0.717, 1.165) is 16.5 Å². The van der Waals surface area contributed by atoms with E-state index >= 15 is 0 Å². The summed E-state index contributed by atoms with van der Waals surface area (Å²) in [6, 6.07) is 8.05. The van der Waals surface area contributed by atoms with E-state index in [1.165, 1.54) is 6.26 Å². The smallest absolute Gasteiger partial charge is 0.270 e. The van der Waals surface area contributed by atoms with E-state index in [-0.39, 0.29) is 11.2 Å². The van der Waals surface area contributed by atoms with Crippen molar-refractivity contribution in [2.24, 2.45) is 7.05 Å². The molecule has 5 nitrogen and oxygen atoms in total. The van der Waals surface area contributed by atoms with E-state index in [9.17, 15) is 13.2 Å². The molecule has 1 aromatic heterocycles. The standard InChI is InChI=1S/C17H22N2O3S/c1-12-4-5-13-11-16(18(2)15(13)10-12)17(20)19-8-6-14(7-9-19)23(3,21)22/h4-5,10-11,14H,6-9H2,1-3H3. The third-order valence-electron chi connectivity index (χ3n) is 4.75. The van der Waals surface area contributed by atoms with Gasteiger partial charge in [0.15, 0.2) is 0 Å². The van der Waals surface area contributed by atoms with Crippen molar-refractivity contribution in [2.45, 2.75) is 25.0 Å². The average Bonchev–Trinajstić information content (AvgIpc) is 2.83. The Morgan fingerprint density at radius 1 is 1.17 bits per heavy atom. The number of carbonyl (C=O) groups excluding carboxylic acids is 1. The molecule has 0 aliphatic carbocycles. The number of likely N-dealkylation sites (tertiary alicyclic amines) is 1. The van der Waals surface area contributed by atoms with Gasteiger partial charge < -0.3 is 9.47 Å². The van der Waals surface area contributed by atoms with Crippen LogP contribution in [0.3, 0.4) is 0 Å². The zero-order valence-corrected chi connectivity index (χ0v) is 14.6. The maximum Gasteiger partial charge on any atom is 0.270 e. The van der Waals surface area contributed by atoms with Crippen LogP contribution >= 0.6 is 0 Å². The summed E-state index contributed by atoms with van der Waals surface area (Å²) in [5.74, 6) is -0.0201. The number of sulfone groups is 1. The number of benzene rings is 1. The lowest BCUT2D eigenvalue weighted by atomic mass is 10.1. The van der Waals surface area contributed by atoms with Gasteiger partial charge in [-0.3, -0.25) is 4.79 Å². The third kappa shape index (κ3) is 3.00. The van der Waals surface area contributed by atoms with Crippen molar-refractivity contribution in [1.29, 1.82) is 0 Å². The van der Waals surface area contributed by atoms with Gasteiger partial charge in [-0.2, -0.15) is 0 Å². The molecular formula is C17H22N2O3S. The van der Waals surface area contributed by atoms with Crippen LogP contribution in [-0.2, 0) is 16.9 Å². The summed E-state index contributed by atoms with van der Waals surface area (Å²) in [4.78, 5) is 14.6. The van der Waals surface area contributed by atoms with E-state index in [1.54, 1.807) is 4.90 Å². The Kier molecular flexibility index (Phi) is 3.96. The minimum absolute atomic E-state index is 0.0201. The zero-order chi connectivity index (χ0) is 16.8. The second-order valence-corrected chi connectivity index (χ2v) is 8.80. The molecule has 0 N–H and O–H groups in total. The van der Waals surface area contributed by atoms with Gasteiger partial charge in [0.2, 0.25) is 0 Å². The highest BCUT2D eigenvalue weighted by molar-refractivity contribution is 7.91. The number of hydrogen-bond acceptors (Lipinski definition) is 3. The van der Waals surface area contributed by atoms with Gasteiger partial charge in [0.1, 0.15) is 15.5 Å². The maximum absolute atomic E-state index is 12.8. The summed E-state index contributed by atoms with van der Waals surface area (Å²) in [6.45, 7) is 3.03. The highest BCUT2D eigenvalue weighted by atomic mass is 32.2. The van der Waals surface area contributed by atoms with Crippen molar-refractivity contribution >= 4 is 26.6 Å². The van der Waals surface area contributed by atoms with Crippen molar-refractivity contribution in [3.8, 4) is 0 Å². The molecule has 124 valence electrons. The fraction of sp³-hybridized carbons (Fsp3) is 0.471. The quantitative estimate of drug-likeness (QED) is 0.845. The molecule has 2 heterocycles. The molecule has 0 spiro atoms. The number of aromatic nitrogens is 1. The summed E-state index contributed by atoms with van der Waals surface area (Å²) in [5.41, 5.74) is 2.86. The van der Waals surface area contributed by atoms with Crippen LogP contribution in [0.2, 0.25) is 0 Å². The highest BCUT2D eigenvalue weighted by Crippen LogP contribution is 2.23. The Hall–Kier alpha value is -1.82. The minimum Gasteiger partial charge on any atom is -0.340 e. The number of nitrogens with zero attached hydrogens (tertiary/aromatic N) is 2. The second-order valence-electron chi connectivity index (χ2n) is 6.47. The van der Waals surface area contributed by atoms with Crippen LogP contribution in [0.1, 0.15) is 28.9 Å². The monoisotopic (exact) mass is 334 g/mol. The molecule has 0 radical (unpaired) electrons. The van der Waals surface area contributed by atoms with E-state index in [4.69, 9.17) is 0 Å². The van der Waals surface area contributed by atoms with E-state index < -0.39 is 9.84 Å². The van der Waals surface area contributed by atoms with Crippen LogP contribution in [0.4, 0.5) is 0 Å². The van der Waals surface area contributed by atoms with Gasteiger partial charge in [-0.15, -0.1) is 0 Å². The number of fused-ring (bicyclic) bond motifs is 1. The Bertz CT molecular complexity index is 859. The van der Waals surface area contributed by atoms with Crippen molar-refractivity contribution < 1.29 is 13.2 Å². The van der Waals surface area contributed by atoms with Gasteiger partial charge in [0.05, 0.1) is 5.25 Å². The lowest BCUT2D eigenvalue weighted by Crippen LogP contribution is -2.42. The summed E-state index contributed by atoms with van der Waals surface area (Å²) in [6.07, 6.45) is 2.32. The first-order chi connectivity index (χ1) is 10.8. The minimum atomic E-state index is -3.02. The fourth-order valence-corrected chi connectivity index (χ4v) is 4.36. The van der Waals surface area contributed by atoms with Crippen molar-refractivity contribution in [1.82, 2.24) is 9.47 Å². The largest absolute Gasteiger partial charge is 0.340 e. The molecule has 2 aromatic rings. The molecule has 0 saturated carbocycles. The first kappa shape index (κ1) is 16.1. The lowest BCUT2D eigenvalue weighted by Gasteiger charge is -2.31. The second kappa shape index (κ2) is 5.67. The Labute approximate surface area is 136 Å². The number of carbonyl (C=O) groups is 1. The molecule has 23 heavy (non-hydrogen) atoms. The van der Waals surface area contributed by atoms with Gasteiger partial charge in [0, 0.05) is 37.3 Å². The number of hydrogen-bond donors (Lipinski definition) is 0. The Morgan fingerprint density at radius 2 is 1.83 bits per heavy atom. The zero-order valence-electron chi connectivity index (χ0n) is 13.7. The highest BCUT2D eigenvalue weighted by Gasteiger charge is 2.30. The van der Waals surface area contributed by atoms with Gasteiger partial charge in [0.25, 0.3) is 5.91 Å². The molecule has 1 aliphatic heterocycles. The first-order valence-electron chi connectivity index (χ1n) is 7.81. The number of aryl methyl sites for hydroxylation is 2. The van der Waals surface area contributed by atoms with Crippen LogP contribution < -0.4 is 0 Å². The topological polar surface area (TPSA) is 59.4 Å². The SMILES string of the molecule is Cc1ccc2cc(C(=O)N3CCC(S(C)(=O)=O)CC3)n(C)c2c1. The van der Waals surface area contributed by atoms with Crippen LogP contribution in [0.15, 0.2) is 24.3 Å². The summed E-state index contributed by atoms with van der Waals surface area (Å²) in [5, 5.41) is 0.731. The number of amides is 1. The molecule has 1 aromatic carbocycles. The molecule has 6 heteroatoms. The third-order valence-corrected chi connectivity index (χ3v) is 6.44. The molecule has 1 amide bonds. The molecule has 1 fully saturated rings. The predicted molar refractivity (Wildman–Crippen MR) is 91.4 cm³/mol. The van der Waals surface area contributed by atoms with E-state index in [0.29, 0.717) is 31.6 Å². The molecule has 0 bridgehead atoms. The molecule has 0 unspecified atom stereocenters. The Balaban J connectivity index is 1.83. The number of piperidine rings is 1. The van der Waals surface area contributed by atoms with Gasteiger partial charge in [-0.1, -0.05) is 12.1 Å². The first-order valence-corrected chi connectivity index (χ1v) is 9.77. The average molecular weight is 334 g/mol. The molecule has 1 saturated heterocycles.